The number of esters is 1. The van der Waals surface area contributed by atoms with Crippen molar-refractivity contribution in [3.63, 3.8) is 0 Å². The van der Waals surface area contributed by atoms with Gasteiger partial charge in [-0.15, -0.1) is 0 Å². The zero-order valence-corrected chi connectivity index (χ0v) is 10.8. The first-order chi connectivity index (χ1) is 8.74. The fourth-order valence-corrected chi connectivity index (χ4v) is 1.66. The molecule has 0 aromatic carbocycles. The summed E-state index contributed by atoms with van der Waals surface area (Å²) in [7, 11) is 0. The summed E-state index contributed by atoms with van der Waals surface area (Å²) in [6.45, 7) is 2.16. The maximum absolute atomic E-state index is 11.6. The molecule has 0 aliphatic carbocycles. The van der Waals surface area contributed by atoms with Crippen LogP contribution in [0.15, 0.2) is 24.5 Å². The molecule has 0 fully saturated rings. The monoisotopic (exact) mass is 251 g/mol. The van der Waals surface area contributed by atoms with E-state index in [0.717, 1.165) is 12.8 Å². The Bertz CT molecular complexity index is 340. The van der Waals surface area contributed by atoms with E-state index in [0.29, 0.717) is 12.0 Å². The first kappa shape index (κ1) is 14.6. The smallest absolute Gasteiger partial charge is 0.342 e. The van der Waals surface area contributed by atoms with Crippen molar-refractivity contribution >= 4 is 5.97 Å². The predicted octanol–water partition coefficient (Wildman–Crippen LogP) is 2.92. The number of hydrogen-bond donors (Lipinski definition) is 1. The summed E-state index contributed by atoms with van der Waals surface area (Å²) in [5.74, 6) is -0.524. The molecule has 1 unspecified atom stereocenters. The standard InChI is InChI=1S/C14H21NO3/c1-2-3-4-5-6-9-13(16)18-14(17)12-8-7-10-15-11-12/h7-8,10-11,13,16H,2-6,9H2,1H3. The molecule has 0 saturated heterocycles. The van der Waals surface area contributed by atoms with Gasteiger partial charge in [-0.1, -0.05) is 32.6 Å². The van der Waals surface area contributed by atoms with E-state index in [9.17, 15) is 9.90 Å². The average Bonchev–Trinajstić information content (AvgIpc) is 2.39. The summed E-state index contributed by atoms with van der Waals surface area (Å²) in [4.78, 5) is 15.4. The molecule has 1 aromatic rings. The third-order valence-corrected chi connectivity index (χ3v) is 2.69. The second-order valence-corrected chi connectivity index (χ2v) is 4.30. The topological polar surface area (TPSA) is 59.4 Å². The van der Waals surface area contributed by atoms with Crippen LogP contribution in [-0.2, 0) is 4.74 Å². The number of carbonyl (C=O) groups is 1. The van der Waals surface area contributed by atoms with Crippen molar-refractivity contribution in [1.29, 1.82) is 0 Å². The van der Waals surface area contributed by atoms with Crippen LogP contribution in [-0.4, -0.2) is 22.3 Å². The highest BCUT2D eigenvalue weighted by molar-refractivity contribution is 5.88. The molecule has 0 bridgehead atoms. The lowest BCUT2D eigenvalue weighted by Crippen LogP contribution is -2.17. The highest BCUT2D eigenvalue weighted by atomic mass is 16.6. The molecule has 0 radical (unpaired) electrons. The van der Waals surface area contributed by atoms with Crippen LogP contribution < -0.4 is 0 Å². The molecule has 1 rings (SSSR count). The number of aromatic nitrogens is 1. The molecule has 100 valence electrons. The zero-order chi connectivity index (χ0) is 13.2. The lowest BCUT2D eigenvalue weighted by Gasteiger charge is -2.11. The van der Waals surface area contributed by atoms with Gasteiger partial charge in [-0.2, -0.15) is 0 Å². The summed E-state index contributed by atoms with van der Waals surface area (Å²) in [6.07, 6.45) is 8.01. The van der Waals surface area contributed by atoms with E-state index in [1.165, 1.54) is 25.5 Å². The average molecular weight is 251 g/mol. The molecule has 4 nitrogen and oxygen atoms in total. The van der Waals surface area contributed by atoms with Crippen molar-refractivity contribution in [2.75, 3.05) is 0 Å². The summed E-state index contributed by atoms with van der Waals surface area (Å²) >= 11 is 0. The molecule has 0 amide bonds. The number of pyridine rings is 1. The molecule has 1 aromatic heterocycles. The normalized spacial score (nSPS) is 12.1. The van der Waals surface area contributed by atoms with Crippen LogP contribution in [0.1, 0.15) is 55.8 Å². The van der Waals surface area contributed by atoms with Crippen molar-refractivity contribution in [2.45, 2.75) is 51.7 Å². The Kier molecular flexibility index (Phi) is 7.03. The zero-order valence-electron chi connectivity index (χ0n) is 10.8. The Morgan fingerprint density at radius 3 is 2.83 bits per heavy atom. The predicted molar refractivity (Wildman–Crippen MR) is 69.0 cm³/mol. The van der Waals surface area contributed by atoms with Crippen LogP contribution in [0.3, 0.4) is 0 Å². The van der Waals surface area contributed by atoms with Crippen molar-refractivity contribution in [3.05, 3.63) is 30.1 Å². The first-order valence-electron chi connectivity index (χ1n) is 6.53. The minimum atomic E-state index is -1.01. The van der Waals surface area contributed by atoms with Crippen LogP contribution in [0.4, 0.5) is 0 Å². The third-order valence-electron chi connectivity index (χ3n) is 2.69. The summed E-state index contributed by atoms with van der Waals surface area (Å²) in [5.41, 5.74) is 0.363. The van der Waals surface area contributed by atoms with Crippen molar-refractivity contribution < 1.29 is 14.6 Å². The van der Waals surface area contributed by atoms with Crippen LogP contribution in [0, 0.1) is 0 Å². The molecule has 18 heavy (non-hydrogen) atoms. The van der Waals surface area contributed by atoms with Gasteiger partial charge in [0, 0.05) is 18.8 Å². The number of hydrogen-bond acceptors (Lipinski definition) is 4. The number of ether oxygens (including phenoxy) is 1. The number of aliphatic hydroxyl groups is 1. The van der Waals surface area contributed by atoms with Gasteiger partial charge < -0.3 is 9.84 Å². The van der Waals surface area contributed by atoms with Crippen LogP contribution in [0.5, 0.6) is 0 Å². The molecule has 0 aliphatic rings. The first-order valence-corrected chi connectivity index (χ1v) is 6.53. The Hall–Kier alpha value is -1.42. The number of carbonyl (C=O) groups excluding carboxylic acids is 1. The molecule has 0 saturated carbocycles. The van der Waals surface area contributed by atoms with Crippen molar-refractivity contribution in [3.8, 4) is 0 Å². The van der Waals surface area contributed by atoms with Gasteiger partial charge in [0.1, 0.15) is 0 Å². The highest BCUT2D eigenvalue weighted by Gasteiger charge is 2.12. The maximum atomic E-state index is 11.6. The van der Waals surface area contributed by atoms with Gasteiger partial charge in [0.2, 0.25) is 6.29 Å². The van der Waals surface area contributed by atoms with Crippen LogP contribution in [0.2, 0.25) is 0 Å². The van der Waals surface area contributed by atoms with Crippen LogP contribution in [0.25, 0.3) is 0 Å². The molecule has 1 N–H and O–H groups in total. The largest absolute Gasteiger partial charge is 0.432 e. The lowest BCUT2D eigenvalue weighted by molar-refractivity contribution is -0.0694. The van der Waals surface area contributed by atoms with Crippen molar-refractivity contribution in [2.24, 2.45) is 0 Å². The van der Waals surface area contributed by atoms with Gasteiger partial charge in [-0.3, -0.25) is 4.98 Å². The lowest BCUT2D eigenvalue weighted by atomic mass is 10.1. The molecule has 0 aliphatic heterocycles. The molecule has 1 atom stereocenters. The van der Waals surface area contributed by atoms with E-state index in [-0.39, 0.29) is 0 Å². The highest BCUT2D eigenvalue weighted by Crippen LogP contribution is 2.09. The fraction of sp³-hybridized carbons (Fsp3) is 0.571. The number of unbranched alkanes of at least 4 members (excludes halogenated alkanes) is 4. The third kappa shape index (κ3) is 5.77. The minimum Gasteiger partial charge on any atom is -0.432 e. The van der Waals surface area contributed by atoms with E-state index >= 15 is 0 Å². The SMILES string of the molecule is CCCCCCCC(O)OC(=O)c1cccnc1. The fourth-order valence-electron chi connectivity index (χ4n) is 1.66. The second-order valence-electron chi connectivity index (χ2n) is 4.30. The van der Waals surface area contributed by atoms with Gasteiger partial charge in [0.25, 0.3) is 0 Å². The van der Waals surface area contributed by atoms with E-state index in [2.05, 4.69) is 11.9 Å². The Labute approximate surface area is 108 Å². The van der Waals surface area contributed by atoms with Gasteiger partial charge in [-0.25, -0.2) is 4.79 Å². The van der Waals surface area contributed by atoms with E-state index in [1.807, 2.05) is 0 Å². The molecular formula is C14H21NO3. The summed E-state index contributed by atoms with van der Waals surface area (Å²) < 4.78 is 4.92. The quantitative estimate of drug-likeness (QED) is 0.438. The van der Waals surface area contributed by atoms with Gasteiger partial charge in [0.15, 0.2) is 0 Å². The Balaban J connectivity index is 2.20. The number of aliphatic hydroxyl groups excluding tert-OH is 1. The molecular weight excluding hydrogens is 230 g/mol. The molecule has 1 heterocycles. The second kappa shape index (κ2) is 8.64. The van der Waals surface area contributed by atoms with E-state index < -0.39 is 12.3 Å². The van der Waals surface area contributed by atoms with E-state index in [4.69, 9.17) is 4.74 Å². The minimum absolute atomic E-state index is 0.363. The number of rotatable bonds is 8. The Morgan fingerprint density at radius 2 is 2.17 bits per heavy atom. The Morgan fingerprint density at radius 1 is 1.39 bits per heavy atom. The maximum Gasteiger partial charge on any atom is 0.342 e. The molecule has 0 spiro atoms. The van der Waals surface area contributed by atoms with Crippen molar-refractivity contribution in [1.82, 2.24) is 4.98 Å². The van der Waals surface area contributed by atoms with Crippen LogP contribution >= 0.6 is 0 Å². The van der Waals surface area contributed by atoms with E-state index in [1.54, 1.807) is 18.3 Å². The molecule has 4 heteroatoms. The summed E-state index contributed by atoms with van der Waals surface area (Å²) in [5, 5.41) is 9.57. The van der Waals surface area contributed by atoms with Gasteiger partial charge in [-0.05, 0) is 18.6 Å². The number of nitrogens with zero attached hydrogens (tertiary/aromatic N) is 1. The van der Waals surface area contributed by atoms with Gasteiger partial charge in [0.05, 0.1) is 5.56 Å². The van der Waals surface area contributed by atoms with Gasteiger partial charge >= 0.3 is 5.97 Å². The summed E-state index contributed by atoms with van der Waals surface area (Å²) in [6, 6.07) is 3.27.